The number of esters is 1. The van der Waals surface area contributed by atoms with E-state index in [-0.39, 0.29) is 22.3 Å². The van der Waals surface area contributed by atoms with Gasteiger partial charge >= 0.3 is 5.97 Å². The Hall–Kier alpha value is -1.38. The predicted octanol–water partition coefficient (Wildman–Crippen LogP) is 0.653. The van der Waals surface area contributed by atoms with Gasteiger partial charge in [-0.1, -0.05) is 0 Å². The fourth-order valence-electron chi connectivity index (χ4n) is 2.30. The van der Waals surface area contributed by atoms with Crippen LogP contribution < -0.4 is 10.0 Å². The van der Waals surface area contributed by atoms with Crippen molar-refractivity contribution in [3.05, 3.63) is 17.4 Å². The normalized spacial score (nSPS) is 19.4. The SMILES string of the molecule is COC(=O)c1cc(S(=O)(=O)NCC2CCCNC2)oc1C. The second kappa shape index (κ2) is 6.59. The monoisotopic (exact) mass is 316 g/mol. The van der Waals surface area contributed by atoms with Crippen LogP contribution in [0.1, 0.15) is 29.0 Å². The summed E-state index contributed by atoms with van der Waals surface area (Å²) in [5.74, 6) is -0.125. The molecule has 7 nitrogen and oxygen atoms in total. The number of hydrogen-bond donors (Lipinski definition) is 2. The molecule has 0 aromatic carbocycles. The molecule has 2 heterocycles. The number of carbonyl (C=O) groups excluding carboxylic acids is 1. The Morgan fingerprint density at radius 2 is 2.33 bits per heavy atom. The molecule has 1 fully saturated rings. The highest BCUT2D eigenvalue weighted by Crippen LogP contribution is 2.20. The third kappa shape index (κ3) is 3.84. The number of ether oxygens (including phenoxy) is 1. The average Bonchev–Trinajstić information content (AvgIpc) is 2.88. The van der Waals surface area contributed by atoms with Crippen molar-refractivity contribution in [3.63, 3.8) is 0 Å². The van der Waals surface area contributed by atoms with Crippen LogP contribution in [0.15, 0.2) is 15.6 Å². The van der Waals surface area contributed by atoms with E-state index in [1.54, 1.807) is 0 Å². The molecule has 8 heteroatoms. The number of piperidine rings is 1. The number of carbonyl (C=O) groups is 1. The Kier molecular flexibility index (Phi) is 5.02. The molecule has 1 aliphatic heterocycles. The lowest BCUT2D eigenvalue weighted by molar-refractivity contribution is 0.0599. The topological polar surface area (TPSA) is 97.6 Å². The second-order valence-electron chi connectivity index (χ2n) is 5.09. The van der Waals surface area contributed by atoms with Gasteiger partial charge in [0.1, 0.15) is 11.3 Å². The van der Waals surface area contributed by atoms with Gasteiger partial charge in [0.15, 0.2) is 0 Å². The van der Waals surface area contributed by atoms with Crippen LogP contribution >= 0.6 is 0 Å². The Morgan fingerprint density at radius 1 is 1.57 bits per heavy atom. The van der Waals surface area contributed by atoms with Gasteiger partial charge < -0.3 is 14.5 Å². The maximum Gasteiger partial charge on any atom is 0.341 e. The van der Waals surface area contributed by atoms with Gasteiger partial charge in [-0.15, -0.1) is 0 Å². The molecule has 1 atom stereocenters. The number of nitrogens with one attached hydrogen (secondary N) is 2. The summed E-state index contributed by atoms with van der Waals surface area (Å²) in [5, 5.41) is 2.97. The summed E-state index contributed by atoms with van der Waals surface area (Å²) in [5.41, 5.74) is 0.122. The molecule has 1 aromatic heterocycles. The Bertz CT molecular complexity index is 602. The largest absolute Gasteiger partial charge is 0.465 e. The minimum atomic E-state index is -3.76. The molecule has 0 saturated carbocycles. The van der Waals surface area contributed by atoms with E-state index in [4.69, 9.17) is 4.42 Å². The van der Waals surface area contributed by atoms with Gasteiger partial charge in [-0.05, 0) is 38.8 Å². The first kappa shape index (κ1) is 16.0. The number of sulfonamides is 1. The molecule has 1 aromatic rings. The van der Waals surface area contributed by atoms with Crippen LogP contribution in [-0.4, -0.2) is 41.1 Å². The van der Waals surface area contributed by atoms with E-state index < -0.39 is 16.0 Å². The lowest BCUT2D eigenvalue weighted by Gasteiger charge is -2.22. The first-order valence-electron chi connectivity index (χ1n) is 6.83. The molecule has 2 rings (SSSR count). The molecule has 1 aliphatic rings. The summed E-state index contributed by atoms with van der Waals surface area (Å²) in [6, 6.07) is 1.20. The van der Waals surface area contributed by atoms with E-state index in [0.717, 1.165) is 25.9 Å². The van der Waals surface area contributed by atoms with Gasteiger partial charge in [0, 0.05) is 12.6 Å². The van der Waals surface area contributed by atoms with Crippen molar-refractivity contribution in [1.29, 1.82) is 0 Å². The third-order valence-corrected chi connectivity index (χ3v) is 4.80. The first-order valence-corrected chi connectivity index (χ1v) is 8.31. The zero-order valence-corrected chi connectivity index (χ0v) is 13.0. The van der Waals surface area contributed by atoms with Crippen LogP contribution in [-0.2, 0) is 14.8 Å². The van der Waals surface area contributed by atoms with E-state index in [1.165, 1.54) is 20.1 Å². The Labute approximate surface area is 124 Å². The van der Waals surface area contributed by atoms with E-state index >= 15 is 0 Å². The molecule has 0 radical (unpaired) electrons. The quantitative estimate of drug-likeness (QED) is 0.774. The van der Waals surface area contributed by atoms with Gasteiger partial charge in [0.05, 0.1) is 7.11 Å². The summed E-state index contributed by atoms with van der Waals surface area (Å²) < 4.78 is 36.6. The van der Waals surface area contributed by atoms with Crippen molar-refractivity contribution < 1.29 is 22.4 Å². The lowest BCUT2D eigenvalue weighted by atomic mass is 10.0. The number of hydrogen-bond acceptors (Lipinski definition) is 6. The number of aryl methyl sites for hydroxylation is 1. The fraction of sp³-hybridized carbons (Fsp3) is 0.615. The van der Waals surface area contributed by atoms with Crippen LogP contribution in [0.3, 0.4) is 0 Å². The fourth-order valence-corrected chi connectivity index (χ4v) is 3.40. The molecule has 118 valence electrons. The van der Waals surface area contributed by atoms with E-state index in [1.807, 2.05) is 0 Å². The van der Waals surface area contributed by atoms with Gasteiger partial charge in [-0.2, -0.15) is 0 Å². The maximum absolute atomic E-state index is 12.2. The van der Waals surface area contributed by atoms with Crippen LogP contribution in [0.25, 0.3) is 0 Å². The van der Waals surface area contributed by atoms with E-state index in [0.29, 0.717) is 6.54 Å². The first-order chi connectivity index (χ1) is 9.94. The van der Waals surface area contributed by atoms with E-state index in [9.17, 15) is 13.2 Å². The van der Waals surface area contributed by atoms with Crippen molar-refractivity contribution in [3.8, 4) is 0 Å². The molecule has 0 aliphatic carbocycles. The molecule has 1 saturated heterocycles. The standard InChI is InChI=1S/C13H20N2O5S/c1-9-11(13(16)19-2)6-12(20-9)21(17,18)15-8-10-4-3-5-14-7-10/h6,10,14-15H,3-5,7-8H2,1-2H3. The number of rotatable bonds is 5. The highest BCUT2D eigenvalue weighted by atomic mass is 32.2. The van der Waals surface area contributed by atoms with Crippen LogP contribution in [0.5, 0.6) is 0 Å². The number of methoxy groups -OCH3 is 1. The maximum atomic E-state index is 12.2. The van der Waals surface area contributed by atoms with E-state index in [2.05, 4.69) is 14.8 Å². The van der Waals surface area contributed by atoms with Crippen LogP contribution in [0, 0.1) is 12.8 Å². The van der Waals surface area contributed by atoms with Gasteiger partial charge in [0.2, 0.25) is 5.09 Å². The predicted molar refractivity (Wildman–Crippen MR) is 75.6 cm³/mol. The highest BCUT2D eigenvalue weighted by Gasteiger charge is 2.25. The molecule has 0 amide bonds. The van der Waals surface area contributed by atoms with Crippen molar-refractivity contribution in [1.82, 2.24) is 10.0 Å². The molecule has 2 N–H and O–H groups in total. The molecule has 0 spiro atoms. The minimum absolute atomic E-state index is 0.122. The molecular formula is C13H20N2O5S. The Balaban J connectivity index is 2.06. The summed E-state index contributed by atoms with van der Waals surface area (Å²) in [6.45, 7) is 3.65. The third-order valence-electron chi connectivity index (χ3n) is 3.53. The average molecular weight is 316 g/mol. The minimum Gasteiger partial charge on any atom is -0.465 e. The summed E-state index contributed by atoms with van der Waals surface area (Å²) in [4.78, 5) is 11.5. The highest BCUT2D eigenvalue weighted by molar-refractivity contribution is 7.89. The summed E-state index contributed by atoms with van der Waals surface area (Å²) in [7, 11) is -2.52. The van der Waals surface area contributed by atoms with Crippen molar-refractivity contribution >= 4 is 16.0 Å². The number of furan rings is 1. The van der Waals surface area contributed by atoms with Gasteiger partial charge in [0.25, 0.3) is 10.0 Å². The van der Waals surface area contributed by atoms with Crippen LogP contribution in [0.4, 0.5) is 0 Å². The molecule has 0 bridgehead atoms. The molecule has 1 unspecified atom stereocenters. The summed E-state index contributed by atoms with van der Waals surface area (Å²) in [6.07, 6.45) is 2.03. The smallest absolute Gasteiger partial charge is 0.341 e. The lowest BCUT2D eigenvalue weighted by Crippen LogP contribution is -2.38. The van der Waals surface area contributed by atoms with Crippen molar-refractivity contribution in [2.75, 3.05) is 26.7 Å². The van der Waals surface area contributed by atoms with Gasteiger partial charge in [-0.25, -0.2) is 17.9 Å². The van der Waals surface area contributed by atoms with Gasteiger partial charge in [-0.3, -0.25) is 0 Å². The van der Waals surface area contributed by atoms with Crippen molar-refractivity contribution in [2.45, 2.75) is 24.9 Å². The molecular weight excluding hydrogens is 296 g/mol. The van der Waals surface area contributed by atoms with Crippen molar-refractivity contribution in [2.24, 2.45) is 5.92 Å². The molecule has 21 heavy (non-hydrogen) atoms. The summed E-state index contributed by atoms with van der Waals surface area (Å²) >= 11 is 0. The second-order valence-corrected chi connectivity index (χ2v) is 6.79. The zero-order chi connectivity index (χ0) is 15.5. The zero-order valence-electron chi connectivity index (χ0n) is 12.1. The Morgan fingerprint density at radius 3 is 2.95 bits per heavy atom. The van der Waals surface area contributed by atoms with Crippen LogP contribution in [0.2, 0.25) is 0 Å².